The summed E-state index contributed by atoms with van der Waals surface area (Å²) in [6, 6.07) is 12.6. The Labute approximate surface area is 176 Å². The van der Waals surface area contributed by atoms with Crippen molar-refractivity contribution in [1.29, 1.82) is 0 Å². The van der Waals surface area contributed by atoms with Crippen LogP contribution in [0.1, 0.15) is 37.8 Å². The number of benzene rings is 2. The largest absolute Gasteiger partial charge is 0.497 e. The van der Waals surface area contributed by atoms with E-state index in [2.05, 4.69) is 15.4 Å². The number of sulfonamides is 1. The van der Waals surface area contributed by atoms with Gasteiger partial charge in [0.05, 0.1) is 24.5 Å². The van der Waals surface area contributed by atoms with Gasteiger partial charge in [0.25, 0.3) is 0 Å². The summed E-state index contributed by atoms with van der Waals surface area (Å²) in [5.74, 6) is 0.0553. The van der Waals surface area contributed by atoms with Gasteiger partial charge in [-0.3, -0.25) is 9.59 Å². The van der Waals surface area contributed by atoms with Crippen molar-refractivity contribution in [2.75, 3.05) is 12.4 Å². The van der Waals surface area contributed by atoms with Gasteiger partial charge in [0.2, 0.25) is 21.8 Å². The SMILES string of the molecule is COc1ccc([C@H](CC(=O)Nc2cccc(S(=O)(=O)NC3CC3)c2)NC(C)=O)cc1. The van der Waals surface area contributed by atoms with Crippen LogP contribution in [-0.2, 0) is 19.6 Å². The molecule has 1 aliphatic rings. The number of methoxy groups -OCH3 is 1. The lowest BCUT2D eigenvalue weighted by atomic mass is 10.0. The first-order valence-electron chi connectivity index (χ1n) is 9.60. The van der Waals surface area contributed by atoms with E-state index in [0.717, 1.165) is 18.4 Å². The number of hydrogen-bond donors (Lipinski definition) is 3. The summed E-state index contributed by atoms with van der Waals surface area (Å²) in [4.78, 5) is 24.3. The van der Waals surface area contributed by atoms with Crippen molar-refractivity contribution in [3.05, 3.63) is 54.1 Å². The molecule has 1 fully saturated rings. The van der Waals surface area contributed by atoms with Crippen molar-refractivity contribution in [3.8, 4) is 5.75 Å². The summed E-state index contributed by atoms with van der Waals surface area (Å²) < 4.78 is 32.5. The van der Waals surface area contributed by atoms with Crippen LogP contribution >= 0.6 is 0 Å². The van der Waals surface area contributed by atoms with Gasteiger partial charge in [0.1, 0.15) is 5.75 Å². The highest BCUT2D eigenvalue weighted by atomic mass is 32.2. The van der Waals surface area contributed by atoms with Crippen molar-refractivity contribution in [3.63, 3.8) is 0 Å². The lowest BCUT2D eigenvalue weighted by Gasteiger charge is -2.18. The van der Waals surface area contributed by atoms with Gasteiger partial charge in [-0.25, -0.2) is 13.1 Å². The minimum absolute atomic E-state index is 0.00356. The van der Waals surface area contributed by atoms with Gasteiger partial charge in [-0.2, -0.15) is 0 Å². The molecule has 0 saturated heterocycles. The number of nitrogens with one attached hydrogen (secondary N) is 3. The monoisotopic (exact) mass is 431 g/mol. The summed E-state index contributed by atoms with van der Waals surface area (Å²) in [5, 5.41) is 5.48. The van der Waals surface area contributed by atoms with E-state index in [-0.39, 0.29) is 29.2 Å². The van der Waals surface area contributed by atoms with Crippen LogP contribution in [0.25, 0.3) is 0 Å². The molecule has 0 radical (unpaired) electrons. The second kappa shape index (κ2) is 9.27. The van der Waals surface area contributed by atoms with Crippen LogP contribution in [0.15, 0.2) is 53.4 Å². The Bertz CT molecular complexity index is 1020. The molecule has 9 heteroatoms. The molecule has 0 aliphatic heterocycles. The summed E-state index contributed by atoms with van der Waals surface area (Å²) in [5.41, 5.74) is 1.13. The predicted molar refractivity (Wildman–Crippen MR) is 113 cm³/mol. The average molecular weight is 432 g/mol. The highest BCUT2D eigenvalue weighted by Crippen LogP contribution is 2.24. The third-order valence-electron chi connectivity index (χ3n) is 4.61. The zero-order chi connectivity index (χ0) is 21.7. The molecule has 2 aromatic carbocycles. The first-order valence-corrected chi connectivity index (χ1v) is 11.1. The van der Waals surface area contributed by atoms with Crippen molar-refractivity contribution in [1.82, 2.24) is 10.0 Å². The van der Waals surface area contributed by atoms with Gasteiger partial charge < -0.3 is 15.4 Å². The minimum atomic E-state index is -3.61. The van der Waals surface area contributed by atoms with Gasteiger partial charge in [-0.15, -0.1) is 0 Å². The van der Waals surface area contributed by atoms with Crippen LogP contribution in [0, 0.1) is 0 Å². The third-order valence-corrected chi connectivity index (χ3v) is 6.13. The second-order valence-electron chi connectivity index (χ2n) is 7.20. The average Bonchev–Trinajstić information content (AvgIpc) is 3.50. The molecule has 1 aliphatic carbocycles. The molecule has 30 heavy (non-hydrogen) atoms. The smallest absolute Gasteiger partial charge is 0.240 e. The molecular weight excluding hydrogens is 406 g/mol. The van der Waals surface area contributed by atoms with Crippen molar-refractivity contribution >= 4 is 27.5 Å². The molecule has 2 aromatic rings. The number of carbonyl (C=O) groups excluding carboxylic acids is 2. The molecule has 0 aromatic heterocycles. The van der Waals surface area contributed by atoms with Gasteiger partial charge >= 0.3 is 0 Å². The number of ether oxygens (including phenoxy) is 1. The molecule has 0 bridgehead atoms. The Hall–Kier alpha value is -2.91. The van der Waals surface area contributed by atoms with Crippen LogP contribution in [0.4, 0.5) is 5.69 Å². The lowest BCUT2D eigenvalue weighted by Crippen LogP contribution is -2.30. The van der Waals surface area contributed by atoms with Crippen LogP contribution in [0.2, 0.25) is 0 Å². The first kappa shape index (κ1) is 21.8. The number of hydrogen-bond acceptors (Lipinski definition) is 5. The molecule has 0 unspecified atom stereocenters. The maximum atomic E-state index is 12.6. The van der Waals surface area contributed by atoms with E-state index in [0.29, 0.717) is 11.4 Å². The topological polar surface area (TPSA) is 114 Å². The maximum absolute atomic E-state index is 12.6. The van der Waals surface area contributed by atoms with Crippen molar-refractivity contribution < 1.29 is 22.7 Å². The van der Waals surface area contributed by atoms with Crippen LogP contribution in [0.3, 0.4) is 0 Å². The molecular formula is C21H25N3O5S. The van der Waals surface area contributed by atoms with Crippen LogP contribution in [0.5, 0.6) is 5.75 Å². The zero-order valence-corrected chi connectivity index (χ0v) is 17.7. The number of amides is 2. The Balaban J connectivity index is 1.70. The molecule has 8 nitrogen and oxygen atoms in total. The molecule has 3 rings (SSSR count). The predicted octanol–water partition coefficient (Wildman–Crippen LogP) is 2.34. The number of rotatable bonds is 9. The van der Waals surface area contributed by atoms with Gasteiger partial charge in [0, 0.05) is 18.7 Å². The highest BCUT2D eigenvalue weighted by molar-refractivity contribution is 7.89. The van der Waals surface area contributed by atoms with E-state index < -0.39 is 16.1 Å². The number of anilines is 1. The molecule has 0 spiro atoms. The standard InChI is InChI=1S/C21H25N3O5S/c1-14(25)22-20(15-6-10-18(29-2)11-7-15)13-21(26)23-17-4-3-5-19(12-17)30(27,28)24-16-8-9-16/h3-7,10-12,16,20,24H,8-9,13H2,1-2H3,(H,22,25)(H,23,26)/t20-/m0/s1. The van der Waals surface area contributed by atoms with Crippen molar-refractivity contribution in [2.24, 2.45) is 0 Å². The fourth-order valence-corrected chi connectivity index (χ4v) is 4.31. The van der Waals surface area contributed by atoms with Gasteiger partial charge in [0.15, 0.2) is 0 Å². The fourth-order valence-electron chi connectivity index (χ4n) is 2.96. The van der Waals surface area contributed by atoms with E-state index in [1.54, 1.807) is 43.5 Å². The van der Waals surface area contributed by atoms with Gasteiger partial charge in [-0.05, 0) is 48.7 Å². The summed E-state index contributed by atoms with van der Waals surface area (Å²) >= 11 is 0. The van der Waals surface area contributed by atoms with E-state index >= 15 is 0 Å². The Morgan fingerprint density at radius 1 is 1.13 bits per heavy atom. The molecule has 0 heterocycles. The molecule has 2 amide bonds. The van der Waals surface area contributed by atoms with E-state index in [9.17, 15) is 18.0 Å². The van der Waals surface area contributed by atoms with E-state index in [1.807, 2.05) is 0 Å². The molecule has 1 atom stereocenters. The fraction of sp³-hybridized carbons (Fsp3) is 0.333. The van der Waals surface area contributed by atoms with E-state index in [1.165, 1.54) is 19.1 Å². The second-order valence-corrected chi connectivity index (χ2v) is 8.92. The van der Waals surface area contributed by atoms with Crippen LogP contribution in [-0.4, -0.2) is 33.4 Å². The van der Waals surface area contributed by atoms with Crippen LogP contribution < -0.4 is 20.1 Å². The Kier molecular flexibility index (Phi) is 6.73. The Morgan fingerprint density at radius 3 is 2.43 bits per heavy atom. The van der Waals surface area contributed by atoms with Gasteiger partial charge in [-0.1, -0.05) is 18.2 Å². The Morgan fingerprint density at radius 2 is 1.83 bits per heavy atom. The highest BCUT2D eigenvalue weighted by Gasteiger charge is 2.28. The summed E-state index contributed by atoms with van der Waals surface area (Å²) in [6.45, 7) is 1.38. The quantitative estimate of drug-likeness (QED) is 0.564. The number of carbonyl (C=O) groups is 2. The molecule has 160 valence electrons. The van der Waals surface area contributed by atoms with Crippen molar-refractivity contribution in [2.45, 2.75) is 43.2 Å². The first-order chi connectivity index (χ1) is 14.3. The van der Waals surface area contributed by atoms with E-state index in [4.69, 9.17) is 4.74 Å². The minimum Gasteiger partial charge on any atom is -0.497 e. The maximum Gasteiger partial charge on any atom is 0.240 e. The normalized spacial score (nSPS) is 14.6. The molecule has 3 N–H and O–H groups in total. The third kappa shape index (κ3) is 6.04. The summed E-state index contributed by atoms with van der Waals surface area (Å²) in [7, 11) is -2.06. The molecule has 1 saturated carbocycles. The summed E-state index contributed by atoms with van der Waals surface area (Å²) in [6.07, 6.45) is 1.67. The zero-order valence-electron chi connectivity index (χ0n) is 16.8. The lowest BCUT2D eigenvalue weighted by molar-refractivity contribution is -0.120.